The number of hydrogen-bond acceptors (Lipinski definition) is 5. The number of para-hydroxylation sites is 4. The summed E-state index contributed by atoms with van der Waals surface area (Å²) in [5, 5.41) is 12.9. The molecule has 0 aliphatic carbocycles. The summed E-state index contributed by atoms with van der Waals surface area (Å²) in [7, 11) is 0. The van der Waals surface area contributed by atoms with E-state index >= 15 is 0 Å². The Labute approximate surface area is 448 Å². The fourth-order valence-corrected chi connectivity index (χ4v) is 10.5. The average molecular weight is 985 g/mol. The maximum atomic E-state index is 10.7. The minimum Gasteiger partial charge on any atom is -0.310 e. The van der Waals surface area contributed by atoms with E-state index in [2.05, 4.69) is 257 Å². The van der Waals surface area contributed by atoms with Crippen molar-refractivity contribution in [1.82, 2.24) is 14.5 Å². The van der Waals surface area contributed by atoms with Gasteiger partial charge >= 0.3 is 0 Å². The van der Waals surface area contributed by atoms with Crippen molar-refractivity contribution in [3.63, 3.8) is 0 Å². The maximum Gasteiger partial charge on any atom is 0.160 e. The summed E-state index contributed by atoms with van der Waals surface area (Å²) >= 11 is 0. The number of nitrogens with zero attached hydrogens (tertiary/aromatic N) is 6. The lowest BCUT2D eigenvalue weighted by Crippen LogP contribution is -2.09. The van der Waals surface area contributed by atoms with Gasteiger partial charge in [-0.05, 0) is 131 Å². The highest BCUT2D eigenvalue weighted by Crippen LogP contribution is 2.43. The van der Waals surface area contributed by atoms with Crippen LogP contribution in [0.5, 0.6) is 0 Å². The second-order valence-corrected chi connectivity index (χ2v) is 18.9. The second kappa shape index (κ2) is 20.4. The average Bonchev–Trinajstić information content (AvgIpc) is 3.96. The molecule has 6 heteroatoms. The first-order chi connectivity index (χ1) is 38.1. The van der Waals surface area contributed by atoms with Crippen LogP contribution in [0.3, 0.4) is 0 Å². The van der Waals surface area contributed by atoms with Crippen molar-refractivity contribution < 1.29 is 0 Å². The molecule has 0 aliphatic heterocycles. The van der Waals surface area contributed by atoms with Crippen LogP contribution >= 0.6 is 0 Å². The molecule has 0 bridgehead atoms. The van der Waals surface area contributed by atoms with E-state index in [0.29, 0.717) is 11.4 Å². The normalized spacial score (nSPS) is 11.1. The number of fused-ring (bicyclic) bond motifs is 3. The Morgan fingerprint density at radius 3 is 1.16 bits per heavy atom. The Kier molecular flexibility index (Phi) is 12.2. The van der Waals surface area contributed by atoms with E-state index in [4.69, 9.17) is 9.97 Å². The molecular formula is C71H48N6. The molecule has 0 saturated heterocycles. The summed E-state index contributed by atoms with van der Waals surface area (Å²) in [6, 6.07) is 104. The zero-order chi connectivity index (χ0) is 51.5. The molecule has 0 N–H and O–H groups in total. The van der Waals surface area contributed by atoms with Crippen molar-refractivity contribution in [2.45, 2.75) is 0 Å². The van der Waals surface area contributed by atoms with Crippen LogP contribution in [0.4, 0.5) is 34.1 Å². The molecule has 0 radical (unpaired) electrons. The Hall–Kier alpha value is -10.6. The lowest BCUT2D eigenvalue weighted by atomic mass is 9.94. The van der Waals surface area contributed by atoms with Crippen LogP contribution in [0.15, 0.2) is 291 Å². The number of rotatable bonds is 12. The first-order valence-corrected chi connectivity index (χ1v) is 25.8. The van der Waals surface area contributed by atoms with Gasteiger partial charge in [0.25, 0.3) is 0 Å². The molecule has 0 saturated carbocycles. The predicted octanol–water partition coefficient (Wildman–Crippen LogP) is 18.7. The smallest absolute Gasteiger partial charge is 0.160 e. The Morgan fingerprint density at radius 2 is 0.701 bits per heavy atom. The van der Waals surface area contributed by atoms with Crippen LogP contribution in [0.1, 0.15) is 5.56 Å². The fourth-order valence-electron chi connectivity index (χ4n) is 10.5. The van der Waals surface area contributed by atoms with E-state index in [0.717, 1.165) is 112 Å². The Bertz CT molecular complexity index is 3960. The molecular weight excluding hydrogens is 937 g/mol. The van der Waals surface area contributed by atoms with Crippen LogP contribution in [-0.4, -0.2) is 14.5 Å². The minimum absolute atomic E-state index is 0.606. The Morgan fingerprint density at radius 1 is 0.312 bits per heavy atom. The van der Waals surface area contributed by atoms with E-state index in [1.165, 1.54) is 0 Å². The predicted molar refractivity (Wildman–Crippen MR) is 318 cm³/mol. The summed E-state index contributed by atoms with van der Waals surface area (Å²) < 4.78 is 2.36. The van der Waals surface area contributed by atoms with Gasteiger partial charge in [0.15, 0.2) is 5.82 Å². The van der Waals surface area contributed by atoms with Gasteiger partial charge < -0.3 is 14.4 Å². The fraction of sp³-hybridized carbons (Fsp3) is 0. The number of hydrogen-bond donors (Lipinski definition) is 0. The molecule has 0 aliphatic rings. The zero-order valence-corrected chi connectivity index (χ0v) is 41.9. The molecule has 6 nitrogen and oxygen atoms in total. The molecule has 362 valence electrons. The molecule has 2 aromatic heterocycles. The third-order valence-electron chi connectivity index (χ3n) is 14.2. The van der Waals surface area contributed by atoms with Gasteiger partial charge in [-0.3, -0.25) is 0 Å². The van der Waals surface area contributed by atoms with Crippen molar-refractivity contribution in [3.8, 4) is 67.9 Å². The van der Waals surface area contributed by atoms with Crippen LogP contribution in [0.25, 0.3) is 83.6 Å². The highest BCUT2D eigenvalue weighted by atomic mass is 15.1. The third-order valence-corrected chi connectivity index (χ3v) is 14.2. The van der Waals surface area contributed by atoms with Crippen molar-refractivity contribution in [2.75, 3.05) is 9.80 Å². The standard InChI is InChI=1S/C71H48N6/c72-49-56-45-55(50-31-33-53(34-32-50)68-48-67(52-19-7-1-8-20-52)73-71(74-68)54-21-9-2-10-22-54)37-42-64(56)51-35-38-61(39-36-51)77-69-43-40-62(75(57-23-11-3-12-24-57)58-25-13-4-14-26-58)46-65(69)66-47-63(41-44-70(66)77)76(59-27-15-5-16-28-59)60-29-17-6-18-30-60/h1-48H. The van der Waals surface area contributed by atoms with E-state index in [-0.39, 0.29) is 0 Å². The molecule has 2 heterocycles. The van der Waals surface area contributed by atoms with Gasteiger partial charge in [-0.25, -0.2) is 9.97 Å². The van der Waals surface area contributed by atoms with Crippen molar-refractivity contribution in [3.05, 3.63) is 297 Å². The van der Waals surface area contributed by atoms with Gasteiger partial charge in [0.05, 0.1) is 34.1 Å². The summed E-state index contributed by atoms with van der Waals surface area (Å²) in [5.41, 5.74) is 18.7. The molecule has 13 rings (SSSR count). The van der Waals surface area contributed by atoms with Crippen LogP contribution in [-0.2, 0) is 0 Å². The molecule has 11 aromatic carbocycles. The van der Waals surface area contributed by atoms with Crippen molar-refractivity contribution in [2.24, 2.45) is 0 Å². The van der Waals surface area contributed by atoms with Crippen molar-refractivity contribution >= 4 is 55.9 Å². The highest BCUT2D eigenvalue weighted by molar-refractivity contribution is 6.12. The lowest BCUT2D eigenvalue weighted by molar-refractivity contribution is 1.18. The van der Waals surface area contributed by atoms with E-state index < -0.39 is 0 Å². The van der Waals surface area contributed by atoms with E-state index in [9.17, 15) is 5.26 Å². The molecule has 0 amide bonds. The monoisotopic (exact) mass is 984 g/mol. The minimum atomic E-state index is 0.606. The molecule has 0 atom stereocenters. The molecule has 0 spiro atoms. The van der Waals surface area contributed by atoms with Crippen LogP contribution in [0.2, 0.25) is 0 Å². The zero-order valence-electron chi connectivity index (χ0n) is 41.9. The van der Waals surface area contributed by atoms with Gasteiger partial charge in [-0.2, -0.15) is 5.26 Å². The number of nitriles is 1. The summed E-state index contributed by atoms with van der Waals surface area (Å²) in [6.07, 6.45) is 0. The van der Waals surface area contributed by atoms with Crippen LogP contribution in [0, 0.1) is 11.3 Å². The van der Waals surface area contributed by atoms with Gasteiger partial charge in [-0.15, -0.1) is 0 Å². The van der Waals surface area contributed by atoms with Crippen LogP contribution < -0.4 is 9.80 Å². The third kappa shape index (κ3) is 9.05. The largest absolute Gasteiger partial charge is 0.310 e. The Balaban J connectivity index is 0.866. The number of benzene rings is 11. The summed E-state index contributed by atoms with van der Waals surface area (Å²) in [4.78, 5) is 14.6. The first-order valence-electron chi connectivity index (χ1n) is 25.8. The van der Waals surface area contributed by atoms with Gasteiger partial charge in [0.2, 0.25) is 0 Å². The second-order valence-electron chi connectivity index (χ2n) is 18.9. The lowest BCUT2D eigenvalue weighted by Gasteiger charge is -2.26. The molecule has 0 unspecified atom stereocenters. The topological polar surface area (TPSA) is 61.0 Å². The molecule has 77 heavy (non-hydrogen) atoms. The SMILES string of the molecule is N#Cc1cc(-c2ccc(-c3cc(-c4ccccc4)nc(-c4ccccc4)n3)cc2)ccc1-c1ccc(-n2c3ccc(N(c4ccccc4)c4ccccc4)cc3c3cc(N(c4ccccc4)c4ccccc4)ccc32)cc1. The molecule has 13 aromatic rings. The van der Waals surface area contributed by atoms with Gasteiger partial charge in [-0.1, -0.05) is 182 Å². The van der Waals surface area contributed by atoms with E-state index in [1.807, 2.05) is 54.6 Å². The highest BCUT2D eigenvalue weighted by Gasteiger charge is 2.21. The quantitative estimate of drug-likeness (QED) is 0.122. The number of aromatic nitrogens is 3. The van der Waals surface area contributed by atoms with Gasteiger partial charge in [0.1, 0.15) is 0 Å². The number of anilines is 6. The van der Waals surface area contributed by atoms with Crippen molar-refractivity contribution in [1.29, 1.82) is 5.26 Å². The summed E-state index contributed by atoms with van der Waals surface area (Å²) in [5.74, 6) is 0.677. The van der Waals surface area contributed by atoms with Gasteiger partial charge in [0, 0.05) is 67.3 Å². The summed E-state index contributed by atoms with van der Waals surface area (Å²) in [6.45, 7) is 0. The maximum absolute atomic E-state index is 10.7. The van der Waals surface area contributed by atoms with E-state index in [1.54, 1.807) is 0 Å². The molecule has 0 fully saturated rings. The first kappa shape index (κ1) is 46.2.